The molecule has 0 radical (unpaired) electrons. The van der Waals surface area contributed by atoms with Crippen molar-refractivity contribution in [3.63, 3.8) is 0 Å². The van der Waals surface area contributed by atoms with Gasteiger partial charge in [-0.25, -0.2) is 0 Å². The average Bonchev–Trinajstić information content (AvgIpc) is 2.01. The molecule has 0 spiro atoms. The summed E-state index contributed by atoms with van der Waals surface area (Å²) < 4.78 is 0. The molecule has 3 heteroatoms. The van der Waals surface area contributed by atoms with Gasteiger partial charge >= 0.3 is 0 Å². The monoisotopic (exact) mass is 194 g/mol. The number of hydrogen-bond donors (Lipinski definition) is 1. The number of nitriles is 1. The van der Waals surface area contributed by atoms with Crippen molar-refractivity contribution in [2.45, 2.75) is 19.4 Å². The van der Waals surface area contributed by atoms with Crippen molar-refractivity contribution in [2.75, 3.05) is 0 Å². The van der Waals surface area contributed by atoms with Crippen LogP contribution in [0.3, 0.4) is 0 Å². The van der Waals surface area contributed by atoms with Crippen molar-refractivity contribution in [3.8, 4) is 6.07 Å². The molecule has 68 valence electrons. The molecule has 0 aliphatic heterocycles. The summed E-state index contributed by atoms with van der Waals surface area (Å²) in [6.45, 7) is 1.92. The highest BCUT2D eigenvalue weighted by Crippen LogP contribution is 2.15. The summed E-state index contributed by atoms with van der Waals surface area (Å²) >= 11 is 5.82. The normalized spacial score (nSPS) is 12.2. The van der Waals surface area contributed by atoms with Gasteiger partial charge in [-0.3, -0.25) is 0 Å². The fraction of sp³-hybridized carbons (Fsp3) is 0.300. The van der Waals surface area contributed by atoms with Crippen LogP contribution in [0.5, 0.6) is 0 Å². The first kappa shape index (κ1) is 10.0. The van der Waals surface area contributed by atoms with Gasteiger partial charge in [0.05, 0.1) is 11.6 Å². The molecule has 1 aromatic carbocycles. The maximum Gasteiger partial charge on any atom is 0.0992 e. The van der Waals surface area contributed by atoms with Crippen molar-refractivity contribution in [2.24, 2.45) is 5.73 Å². The molecule has 1 rings (SSSR count). The lowest BCUT2D eigenvalue weighted by Crippen LogP contribution is -2.17. The van der Waals surface area contributed by atoms with Gasteiger partial charge in [0, 0.05) is 11.1 Å². The van der Waals surface area contributed by atoms with E-state index in [1.807, 2.05) is 19.1 Å². The number of hydrogen-bond acceptors (Lipinski definition) is 2. The lowest BCUT2D eigenvalue weighted by Gasteiger charge is -2.05. The first-order valence-corrected chi connectivity index (χ1v) is 4.45. The molecule has 0 bridgehead atoms. The van der Waals surface area contributed by atoms with E-state index in [-0.39, 0.29) is 6.04 Å². The fourth-order valence-electron chi connectivity index (χ4n) is 1.20. The quantitative estimate of drug-likeness (QED) is 0.784. The van der Waals surface area contributed by atoms with Crippen molar-refractivity contribution in [1.29, 1.82) is 5.26 Å². The van der Waals surface area contributed by atoms with Gasteiger partial charge in [-0.15, -0.1) is 0 Å². The SMILES string of the molecule is C[C@H](N)Cc1cc(Cl)cc(C#N)c1. The van der Waals surface area contributed by atoms with Crippen LogP contribution in [-0.2, 0) is 6.42 Å². The molecule has 1 atom stereocenters. The van der Waals surface area contributed by atoms with Crippen LogP contribution in [0.4, 0.5) is 0 Å². The van der Waals surface area contributed by atoms with Gasteiger partial charge in [-0.2, -0.15) is 5.26 Å². The predicted octanol–water partition coefficient (Wildman–Crippen LogP) is 2.10. The van der Waals surface area contributed by atoms with Gasteiger partial charge in [-0.1, -0.05) is 11.6 Å². The molecule has 0 aromatic heterocycles. The van der Waals surface area contributed by atoms with Gasteiger partial charge in [-0.05, 0) is 37.1 Å². The first-order chi connectivity index (χ1) is 6.11. The third-order valence-electron chi connectivity index (χ3n) is 1.64. The average molecular weight is 195 g/mol. The van der Waals surface area contributed by atoms with Crippen LogP contribution in [0.15, 0.2) is 18.2 Å². The standard InChI is InChI=1S/C10H11ClN2/c1-7(13)2-8-3-9(6-12)5-10(11)4-8/h3-5,7H,2,13H2,1H3/t7-/m0/s1. The number of rotatable bonds is 2. The maximum atomic E-state index is 8.68. The molecule has 13 heavy (non-hydrogen) atoms. The fourth-order valence-corrected chi connectivity index (χ4v) is 1.46. The van der Waals surface area contributed by atoms with Gasteiger partial charge in [0.15, 0.2) is 0 Å². The Morgan fingerprint density at radius 1 is 1.54 bits per heavy atom. The Labute approximate surface area is 82.9 Å². The molecule has 1 aromatic rings. The summed E-state index contributed by atoms with van der Waals surface area (Å²) in [5.41, 5.74) is 7.24. The maximum absolute atomic E-state index is 8.68. The topological polar surface area (TPSA) is 49.8 Å². The van der Waals surface area contributed by atoms with Crippen LogP contribution in [0.25, 0.3) is 0 Å². The number of nitrogens with two attached hydrogens (primary N) is 1. The minimum absolute atomic E-state index is 0.0880. The second-order valence-corrected chi connectivity index (χ2v) is 3.58. The highest BCUT2D eigenvalue weighted by atomic mass is 35.5. The first-order valence-electron chi connectivity index (χ1n) is 4.07. The molecule has 2 N–H and O–H groups in total. The molecule has 0 fully saturated rings. The Kier molecular flexibility index (Phi) is 3.30. The molecular weight excluding hydrogens is 184 g/mol. The zero-order valence-corrected chi connectivity index (χ0v) is 8.17. The highest BCUT2D eigenvalue weighted by molar-refractivity contribution is 6.30. The van der Waals surface area contributed by atoms with E-state index < -0.39 is 0 Å². The number of benzene rings is 1. The molecular formula is C10H11ClN2. The van der Waals surface area contributed by atoms with E-state index in [0.717, 1.165) is 12.0 Å². The largest absolute Gasteiger partial charge is 0.328 e. The Balaban J connectivity index is 2.96. The Morgan fingerprint density at radius 3 is 2.77 bits per heavy atom. The van der Waals surface area contributed by atoms with Crippen LogP contribution in [-0.4, -0.2) is 6.04 Å². The predicted molar refractivity (Wildman–Crippen MR) is 53.5 cm³/mol. The molecule has 2 nitrogen and oxygen atoms in total. The summed E-state index contributed by atoms with van der Waals surface area (Å²) in [7, 11) is 0. The van der Waals surface area contributed by atoms with Crippen molar-refractivity contribution >= 4 is 11.6 Å². The van der Waals surface area contributed by atoms with E-state index in [0.29, 0.717) is 10.6 Å². The zero-order valence-electron chi connectivity index (χ0n) is 7.42. The summed E-state index contributed by atoms with van der Waals surface area (Å²) in [4.78, 5) is 0. The van der Waals surface area contributed by atoms with E-state index >= 15 is 0 Å². The second kappa shape index (κ2) is 4.27. The lowest BCUT2D eigenvalue weighted by molar-refractivity contribution is 0.738. The van der Waals surface area contributed by atoms with E-state index in [1.165, 1.54) is 0 Å². The summed E-state index contributed by atoms with van der Waals surface area (Å²) in [6, 6.07) is 7.44. The van der Waals surface area contributed by atoms with Crippen molar-refractivity contribution in [3.05, 3.63) is 34.3 Å². The van der Waals surface area contributed by atoms with Crippen LogP contribution < -0.4 is 5.73 Å². The molecule has 0 aliphatic carbocycles. The molecule has 0 heterocycles. The second-order valence-electron chi connectivity index (χ2n) is 3.14. The van der Waals surface area contributed by atoms with Crippen LogP contribution >= 0.6 is 11.6 Å². The van der Waals surface area contributed by atoms with Crippen molar-refractivity contribution < 1.29 is 0 Å². The summed E-state index contributed by atoms with van der Waals surface area (Å²) in [5.74, 6) is 0. The number of halogens is 1. The Morgan fingerprint density at radius 2 is 2.23 bits per heavy atom. The van der Waals surface area contributed by atoms with Gasteiger partial charge in [0.2, 0.25) is 0 Å². The van der Waals surface area contributed by atoms with Gasteiger partial charge < -0.3 is 5.73 Å². The lowest BCUT2D eigenvalue weighted by atomic mass is 10.1. The Hall–Kier alpha value is -1.04. The third-order valence-corrected chi connectivity index (χ3v) is 1.86. The smallest absolute Gasteiger partial charge is 0.0992 e. The number of nitrogens with zero attached hydrogens (tertiary/aromatic N) is 1. The molecule has 0 amide bonds. The van der Waals surface area contributed by atoms with Crippen LogP contribution in [0, 0.1) is 11.3 Å². The van der Waals surface area contributed by atoms with Crippen LogP contribution in [0.2, 0.25) is 5.02 Å². The molecule has 0 aliphatic rings. The van der Waals surface area contributed by atoms with E-state index in [4.69, 9.17) is 22.6 Å². The molecule has 0 unspecified atom stereocenters. The third kappa shape index (κ3) is 3.06. The molecule has 0 saturated carbocycles. The van der Waals surface area contributed by atoms with Gasteiger partial charge in [0.1, 0.15) is 0 Å². The highest BCUT2D eigenvalue weighted by Gasteiger charge is 2.01. The van der Waals surface area contributed by atoms with Crippen molar-refractivity contribution in [1.82, 2.24) is 0 Å². The summed E-state index contributed by atoms with van der Waals surface area (Å²) in [5, 5.41) is 9.27. The van der Waals surface area contributed by atoms with E-state index in [9.17, 15) is 0 Å². The molecule has 0 saturated heterocycles. The van der Waals surface area contributed by atoms with E-state index in [2.05, 4.69) is 6.07 Å². The minimum Gasteiger partial charge on any atom is -0.328 e. The van der Waals surface area contributed by atoms with Gasteiger partial charge in [0.25, 0.3) is 0 Å². The Bertz CT molecular complexity index is 339. The van der Waals surface area contributed by atoms with Crippen LogP contribution in [0.1, 0.15) is 18.1 Å². The summed E-state index contributed by atoms with van der Waals surface area (Å²) in [6.07, 6.45) is 0.745. The minimum atomic E-state index is 0.0880. The van der Waals surface area contributed by atoms with E-state index in [1.54, 1.807) is 6.07 Å². The zero-order chi connectivity index (χ0) is 9.84.